The predicted octanol–water partition coefficient (Wildman–Crippen LogP) is 3.35. The smallest absolute Gasteiger partial charge is 0.254 e. The highest BCUT2D eigenvalue weighted by molar-refractivity contribution is 7.14. The molecule has 1 fully saturated rings. The van der Waals surface area contributed by atoms with Crippen LogP contribution in [0.5, 0.6) is 0 Å². The van der Waals surface area contributed by atoms with E-state index < -0.39 is 0 Å². The van der Waals surface area contributed by atoms with E-state index in [2.05, 4.69) is 29.4 Å². The lowest BCUT2D eigenvalue weighted by molar-refractivity contribution is 0.0664. The van der Waals surface area contributed by atoms with E-state index in [0.717, 1.165) is 47.1 Å². The van der Waals surface area contributed by atoms with Gasteiger partial charge in [-0.25, -0.2) is 4.98 Å². The number of thiazole rings is 1. The summed E-state index contributed by atoms with van der Waals surface area (Å²) < 4.78 is 0. The second kappa shape index (κ2) is 6.48. The Kier molecular flexibility index (Phi) is 4.61. The molecule has 3 rings (SSSR count). The van der Waals surface area contributed by atoms with Gasteiger partial charge >= 0.3 is 0 Å². The van der Waals surface area contributed by atoms with Crippen LogP contribution in [-0.2, 0) is 0 Å². The zero-order valence-corrected chi connectivity index (χ0v) is 14.8. The molecule has 0 spiro atoms. The largest absolute Gasteiger partial charge is 0.339 e. The number of aryl methyl sites for hydroxylation is 1. The molecule has 1 aliphatic heterocycles. The number of hydrogen-bond donors (Lipinski definition) is 0. The Morgan fingerprint density at radius 1 is 1.27 bits per heavy atom. The van der Waals surface area contributed by atoms with Gasteiger partial charge in [0.25, 0.3) is 5.91 Å². The first-order valence-electron chi connectivity index (χ1n) is 7.51. The Bertz CT molecular complexity index is 654. The third kappa shape index (κ3) is 3.24. The highest BCUT2D eigenvalue weighted by Crippen LogP contribution is 2.29. The monoisotopic (exact) mass is 335 g/mol. The number of carbonyl (C=O) groups is 1. The van der Waals surface area contributed by atoms with Gasteiger partial charge in [-0.15, -0.1) is 22.7 Å². The summed E-state index contributed by atoms with van der Waals surface area (Å²) in [6, 6.07) is 2.58. The van der Waals surface area contributed by atoms with Crippen molar-refractivity contribution in [2.45, 2.75) is 25.8 Å². The van der Waals surface area contributed by atoms with Crippen molar-refractivity contribution >= 4 is 28.6 Å². The summed E-state index contributed by atoms with van der Waals surface area (Å²) in [5.74, 6) is 0.159. The standard InChI is InChI=1S/C16H21N3OS2/c1-11-17-14(10-21-11)15-8-12(9-22-15)16(20)19-6-4-13(5-7-19)18(2)3/h8-10,13H,4-7H2,1-3H3. The highest BCUT2D eigenvalue weighted by Gasteiger charge is 2.25. The van der Waals surface area contributed by atoms with Gasteiger partial charge in [-0.05, 0) is 39.9 Å². The van der Waals surface area contributed by atoms with Gasteiger partial charge in [0.1, 0.15) is 0 Å². The minimum absolute atomic E-state index is 0.159. The summed E-state index contributed by atoms with van der Waals surface area (Å²) in [5.41, 5.74) is 1.78. The number of nitrogens with zero attached hydrogens (tertiary/aromatic N) is 3. The van der Waals surface area contributed by atoms with E-state index in [1.165, 1.54) is 0 Å². The number of hydrogen-bond acceptors (Lipinski definition) is 5. The molecular weight excluding hydrogens is 314 g/mol. The maximum atomic E-state index is 12.6. The van der Waals surface area contributed by atoms with Crippen LogP contribution >= 0.6 is 22.7 Å². The molecule has 0 aromatic carbocycles. The minimum atomic E-state index is 0.159. The van der Waals surface area contributed by atoms with Crippen molar-refractivity contribution in [3.63, 3.8) is 0 Å². The lowest BCUT2D eigenvalue weighted by Gasteiger charge is -2.35. The van der Waals surface area contributed by atoms with Crippen LogP contribution in [0.15, 0.2) is 16.8 Å². The molecule has 1 aliphatic rings. The van der Waals surface area contributed by atoms with E-state index in [9.17, 15) is 4.79 Å². The van der Waals surface area contributed by atoms with E-state index >= 15 is 0 Å². The average Bonchev–Trinajstić information content (AvgIpc) is 3.15. The van der Waals surface area contributed by atoms with Crippen LogP contribution < -0.4 is 0 Å². The highest BCUT2D eigenvalue weighted by atomic mass is 32.1. The zero-order valence-electron chi connectivity index (χ0n) is 13.2. The molecule has 0 unspecified atom stereocenters. The summed E-state index contributed by atoms with van der Waals surface area (Å²) in [7, 11) is 4.23. The first-order valence-corrected chi connectivity index (χ1v) is 9.27. The molecule has 1 saturated heterocycles. The fourth-order valence-electron chi connectivity index (χ4n) is 2.83. The number of rotatable bonds is 3. The number of piperidine rings is 1. The van der Waals surface area contributed by atoms with Crippen molar-refractivity contribution in [2.75, 3.05) is 27.2 Å². The van der Waals surface area contributed by atoms with Crippen LogP contribution in [-0.4, -0.2) is 53.9 Å². The molecule has 6 heteroatoms. The number of amides is 1. The molecule has 0 atom stereocenters. The molecule has 0 N–H and O–H groups in total. The molecule has 1 amide bonds. The molecule has 4 nitrogen and oxygen atoms in total. The Balaban J connectivity index is 1.67. The lowest BCUT2D eigenvalue weighted by Crippen LogP contribution is -2.44. The molecule has 2 aromatic rings. The number of thiophene rings is 1. The summed E-state index contributed by atoms with van der Waals surface area (Å²) in [6.07, 6.45) is 2.11. The lowest BCUT2D eigenvalue weighted by atomic mass is 10.0. The molecule has 0 bridgehead atoms. The zero-order chi connectivity index (χ0) is 15.7. The van der Waals surface area contributed by atoms with Crippen molar-refractivity contribution < 1.29 is 4.79 Å². The van der Waals surface area contributed by atoms with Crippen LogP contribution in [0.3, 0.4) is 0 Å². The van der Waals surface area contributed by atoms with Gasteiger partial charge < -0.3 is 9.80 Å². The van der Waals surface area contributed by atoms with Crippen molar-refractivity contribution in [2.24, 2.45) is 0 Å². The van der Waals surface area contributed by atoms with E-state index in [0.29, 0.717) is 6.04 Å². The van der Waals surface area contributed by atoms with Crippen molar-refractivity contribution in [1.29, 1.82) is 0 Å². The normalized spacial score (nSPS) is 16.5. The molecule has 0 radical (unpaired) electrons. The average molecular weight is 335 g/mol. The molecule has 22 heavy (non-hydrogen) atoms. The summed E-state index contributed by atoms with van der Waals surface area (Å²) >= 11 is 3.25. The third-order valence-corrected chi connectivity index (χ3v) is 5.93. The predicted molar refractivity (Wildman–Crippen MR) is 92.8 cm³/mol. The van der Waals surface area contributed by atoms with Crippen LogP contribution in [0, 0.1) is 6.92 Å². The summed E-state index contributed by atoms with van der Waals surface area (Å²) in [5, 5.41) is 5.07. The fourth-order valence-corrected chi connectivity index (χ4v) is 4.36. The number of aromatic nitrogens is 1. The van der Waals surface area contributed by atoms with Crippen molar-refractivity contribution in [1.82, 2.24) is 14.8 Å². The number of likely N-dealkylation sites (tertiary alicyclic amines) is 1. The molecule has 2 aromatic heterocycles. The van der Waals surface area contributed by atoms with Gasteiger partial charge in [0.05, 0.1) is 21.1 Å². The topological polar surface area (TPSA) is 36.4 Å². The number of carbonyl (C=O) groups excluding carboxylic acids is 1. The maximum Gasteiger partial charge on any atom is 0.254 e. The second-order valence-corrected chi connectivity index (χ2v) is 7.91. The fraction of sp³-hybridized carbons (Fsp3) is 0.500. The second-order valence-electron chi connectivity index (χ2n) is 5.94. The molecule has 0 aliphatic carbocycles. The molecule has 3 heterocycles. The Morgan fingerprint density at radius 2 is 2.00 bits per heavy atom. The van der Waals surface area contributed by atoms with Crippen molar-refractivity contribution in [3.8, 4) is 10.6 Å². The van der Waals surface area contributed by atoms with Gasteiger partial charge in [-0.2, -0.15) is 0 Å². The van der Waals surface area contributed by atoms with Crippen LogP contribution in [0.1, 0.15) is 28.2 Å². The van der Waals surface area contributed by atoms with Gasteiger partial charge in [0.15, 0.2) is 0 Å². The quantitative estimate of drug-likeness (QED) is 0.863. The maximum absolute atomic E-state index is 12.6. The van der Waals surface area contributed by atoms with Crippen LogP contribution in [0.25, 0.3) is 10.6 Å². The molecule has 0 saturated carbocycles. The Hall–Kier alpha value is -1.24. The van der Waals surface area contributed by atoms with E-state index in [1.807, 2.05) is 23.3 Å². The van der Waals surface area contributed by atoms with Gasteiger partial charge in [0, 0.05) is 29.9 Å². The van der Waals surface area contributed by atoms with Gasteiger partial charge in [-0.3, -0.25) is 4.79 Å². The van der Waals surface area contributed by atoms with Crippen LogP contribution in [0.4, 0.5) is 0 Å². The van der Waals surface area contributed by atoms with Crippen molar-refractivity contribution in [3.05, 3.63) is 27.4 Å². The molecular formula is C16H21N3OS2. The van der Waals surface area contributed by atoms with Gasteiger partial charge in [-0.1, -0.05) is 0 Å². The minimum Gasteiger partial charge on any atom is -0.339 e. The summed E-state index contributed by atoms with van der Waals surface area (Å²) in [6.45, 7) is 3.70. The Morgan fingerprint density at radius 3 is 2.59 bits per heavy atom. The Labute approximate surface area is 139 Å². The first kappa shape index (κ1) is 15.6. The van der Waals surface area contributed by atoms with E-state index in [4.69, 9.17) is 0 Å². The summed E-state index contributed by atoms with van der Waals surface area (Å²) in [4.78, 5) is 22.4. The van der Waals surface area contributed by atoms with Crippen LogP contribution in [0.2, 0.25) is 0 Å². The van der Waals surface area contributed by atoms with E-state index in [-0.39, 0.29) is 5.91 Å². The SMILES string of the molecule is Cc1nc(-c2cc(C(=O)N3CCC(N(C)C)CC3)cs2)cs1. The molecule has 118 valence electrons. The van der Waals surface area contributed by atoms with E-state index in [1.54, 1.807) is 22.7 Å². The van der Waals surface area contributed by atoms with Gasteiger partial charge in [0.2, 0.25) is 0 Å². The first-order chi connectivity index (χ1) is 10.5. The third-order valence-electron chi connectivity index (χ3n) is 4.20.